The van der Waals surface area contributed by atoms with Crippen LogP contribution in [0.1, 0.15) is 19.8 Å². The van der Waals surface area contributed by atoms with Gasteiger partial charge in [0.1, 0.15) is 12.3 Å². The Morgan fingerprint density at radius 2 is 2.29 bits per heavy atom. The molecule has 0 aromatic carbocycles. The average molecular weight is 447 g/mol. The zero-order valence-corrected chi connectivity index (χ0v) is 18.0. The summed E-state index contributed by atoms with van der Waals surface area (Å²) < 4.78 is 19.6. The molecule has 10 heteroatoms. The number of rotatable bonds is 7. The number of halogens is 2. The molecule has 164 valence electrons. The number of nitrogens with zero attached hydrogens (tertiary/aromatic N) is 4. The predicted molar refractivity (Wildman–Crippen MR) is 116 cm³/mol. The van der Waals surface area contributed by atoms with Crippen molar-refractivity contribution in [1.82, 2.24) is 24.8 Å². The average Bonchev–Trinajstić information content (AvgIpc) is 3.20. The first-order valence-electron chi connectivity index (χ1n) is 10.3. The van der Waals surface area contributed by atoms with Crippen molar-refractivity contribution in [2.45, 2.75) is 19.8 Å². The highest BCUT2D eigenvalue weighted by Gasteiger charge is 2.24. The van der Waals surface area contributed by atoms with E-state index in [1.165, 1.54) is 0 Å². The molecule has 0 radical (unpaired) electrons. The van der Waals surface area contributed by atoms with Crippen molar-refractivity contribution in [3.8, 4) is 11.4 Å². The van der Waals surface area contributed by atoms with E-state index in [1.54, 1.807) is 18.5 Å². The van der Waals surface area contributed by atoms with Gasteiger partial charge in [0.2, 0.25) is 5.91 Å². The van der Waals surface area contributed by atoms with Gasteiger partial charge in [-0.15, -0.1) is 0 Å². The second kappa shape index (κ2) is 9.57. The molecule has 3 aromatic heterocycles. The number of H-pyrrole nitrogens is 1. The normalized spacial score (nSPS) is 16.6. The molecule has 31 heavy (non-hydrogen) atoms. The van der Waals surface area contributed by atoms with Gasteiger partial charge in [0.25, 0.3) is 0 Å². The lowest BCUT2D eigenvalue weighted by atomic mass is 9.98. The third-order valence-corrected chi connectivity index (χ3v) is 5.55. The summed E-state index contributed by atoms with van der Waals surface area (Å²) in [6.07, 6.45) is 6.30. The van der Waals surface area contributed by atoms with Crippen LogP contribution < -0.4 is 5.32 Å². The van der Waals surface area contributed by atoms with E-state index in [1.807, 2.05) is 11.8 Å². The van der Waals surface area contributed by atoms with Gasteiger partial charge in [-0.05, 0) is 31.7 Å². The minimum atomic E-state index is -0.528. The summed E-state index contributed by atoms with van der Waals surface area (Å²) in [6, 6.07) is 1.77. The molecule has 0 saturated carbocycles. The molecular formula is C21H24ClFN6O2. The third-order valence-electron chi connectivity index (χ3n) is 5.34. The summed E-state index contributed by atoms with van der Waals surface area (Å²) in [4.78, 5) is 29.8. The van der Waals surface area contributed by atoms with Crippen LogP contribution in [0.3, 0.4) is 0 Å². The van der Waals surface area contributed by atoms with Crippen LogP contribution in [0.25, 0.3) is 22.4 Å². The van der Waals surface area contributed by atoms with E-state index < -0.39 is 5.82 Å². The van der Waals surface area contributed by atoms with E-state index in [2.05, 4.69) is 25.3 Å². The highest BCUT2D eigenvalue weighted by atomic mass is 35.5. The molecule has 2 N–H and O–H groups in total. The smallest absolute Gasteiger partial charge is 0.248 e. The van der Waals surface area contributed by atoms with E-state index in [0.717, 1.165) is 31.0 Å². The van der Waals surface area contributed by atoms with Crippen molar-refractivity contribution in [1.29, 1.82) is 0 Å². The van der Waals surface area contributed by atoms with Crippen molar-refractivity contribution in [3.63, 3.8) is 0 Å². The second-order valence-electron chi connectivity index (χ2n) is 7.51. The number of aromatic nitrogens is 4. The van der Waals surface area contributed by atoms with Gasteiger partial charge in [-0.1, -0.05) is 11.6 Å². The third kappa shape index (κ3) is 4.94. The Kier molecular flexibility index (Phi) is 6.62. The predicted octanol–water partition coefficient (Wildman–Crippen LogP) is 3.50. The number of anilines is 1. The lowest BCUT2D eigenvalue weighted by Crippen LogP contribution is -2.43. The number of pyridine rings is 1. The number of nitrogens with one attached hydrogen (secondary N) is 2. The number of piperidine rings is 1. The van der Waals surface area contributed by atoms with Gasteiger partial charge in [0, 0.05) is 49.6 Å². The molecule has 1 fully saturated rings. The summed E-state index contributed by atoms with van der Waals surface area (Å²) in [5.41, 5.74) is 1.35. The van der Waals surface area contributed by atoms with Gasteiger partial charge in [0.15, 0.2) is 17.5 Å². The highest BCUT2D eigenvalue weighted by Crippen LogP contribution is 2.28. The molecule has 0 spiro atoms. The van der Waals surface area contributed by atoms with Gasteiger partial charge < -0.3 is 19.9 Å². The van der Waals surface area contributed by atoms with E-state index in [9.17, 15) is 9.18 Å². The fourth-order valence-corrected chi connectivity index (χ4v) is 3.92. The molecule has 0 bridgehead atoms. The maximum atomic E-state index is 14.4. The Labute approximate surface area is 184 Å². The summed E-state index contributed by atoms with van der Waals surface area (Å²) in [5, 5.41) is 4.36. The van der Waals surface area contributed by atoms with Gasteiger partial charge >= 0.3 is 0 Å². The van der Waals surface area contributed by atoms with Crippen molar-refractivity contribution >= 4 is 34.4 Å². The maximum absolute atomic E-state index is 14.4. The van der Waals surface area contributed by atoms with Gasteiger partial charge in [0.05, 0.1) is 11.2 Å². The van der Waals surface area contributed by atoms with Crippen LogP contribution in [0, 0.1) is 11.7 Å². The molecule has 0 aliphatic carbocycles. The first kappa shape index (κ1) is 21.5. The number of likely N-dealkylation sites (tertiary alicyclic amines) is 1. The topological polar surface area (TPSA) is 96.0 Å². The zero-order valence-electron chi connectivity index (χ0n) is 17.2. The fraction of sp³-hybridized carbons (Fsp3) is 0.429. The molecule has 1 unspecified atom stereocenters. The highest BCUT2D eigenvalue weighted by molar-refractivity contribution is 6.31. The van der Waals surface area contributed by atoms with Crippen LogP contribution >= 0.6 is 11.6 Å². The van der Waals surface area contributed by atoms with Crippen LogP contribution in [0.5, 0.6) is 0 Å². The number of hydrogen-bond donors (Lipinski definition) is 2. The standard InChI is InChI=1S/C21H24ClFN6O2/c1-2-31-12-18(30)29-5-3-4-13(11-29)7-24-21-17(23)10-27-20(28-21)16-9-26-19-15(16)6-14(22)8-25-19/h6,8-10,13H,2-5,7,11-12H2,1H3,(H,25,26)(H,24,27,28). The van der Waals surface area contributed by atoms with Gasteiger partial charge in [-0.25, -0.2) is 19.3 Å². The number of carbonyl (C=O) groups is 1. The molecule has 4 heterocycles. The first-order chi connectivity index (χ1) is 15.0. The Morgan fingerprint density at radius 1 is 1.42 bits per heavy atom. The van der Waals surface area contributed by atoms with Crippen LogP contribution in [0.15, 0.2) is 24.7 Å². The Hall–Kier alpha value is -2.78. The summed E-state index contributed by atoms with van der Waals surface area (Å²) in [6.45, 7) is 4.33. The van der Waals surface area contributed by atoms with Gasteiger partial charge in [-0.2, -0.15) is 0 Å². The van der Waals surface area contributed by atoms with E-state index >= 15 is 0 Å². The van der Waals surface area contributed by atoms with E-state index in [-0.39, 0.29) is 24.2 Å². The Bertz CT molecular complexity index is 1080. The van der Waals surface area contributed by atoms with E-state index in [4.69, 9.17) is 16.3 Å². The van der Waals surface area contributed by atoms with Crippen molar-refractivity contribution < 1.29 is 13.9 Å². The SMILES string of the molecule is CCOCC(=O)N1CCCC(CNc2nc(-c3c[nH]c4ncc(Cl)cc34)ncc2F)C1. The zero-order chi connectivity index (χ0) is 21.8. The summed E-state index contributed by atoms with van der Waals surface area (Å²) >= 11 is 6.06. The molecule has 8 nitrogen and oxygen atoms in total. The lowest BCUT2D eigenvalue weighted by Gasteiger charge is -2.33. The Morgan fingerprint density at radius 3 is 3.13 bits per heavy atom. The monoisotopic (exact) mass is 446 g/mol. The molecule has 1 saturated heterocycles. The number of carbonyl (C=O) groups excluding carboxylic acids is 1. The van der Waals surface area contributed by atoms with Crippen LogP contribution in [-0.2, 0) is 9.53 Å². The van der Waals surface area contributed by atoms with Crippen LogP contribution in [0.2, 0.25) is 5.02 Å². The van der Waals surface area contributed by atoms with Crippen LogP contribution in [-0.4, -0.2) is 63.6 Å². The van der Waals surface area contributed by atoms with Crippen molar-refractivity contribution in [2.75, 3.05) is 38.2 Å². The van der Waals surface area contributed by atoms with E-state index in [0.29, 0.717) is 41.8 Å². The molecule has 1 aliphatic rings. The lowest BCUT2D eigenvalue weighted by molar-refractivity contribution is -0.137. The largest absolute Gasteiger partial charge is 0.372 e. The van der Waals surface area contributed by atoms with Gasteiger partial charge in [-0.3, -0.25) is 4.79 Å². The number of fused-ring (bicyclic) bond motifs is 1. The summed E-state index contributed by atoms with van der Waals surface area (Å²) in [5.74, 6) is 0.171. The number of hydrogen-bond acceptors (Lipinski definition) is 6. The molecule has 4 rings (SSSR count). The first-order valence-corrected chi connectivity index (χ1v) is 10.7. The molecule has 1 aliphatic heterocycles. The number of amides is 1. The minimum Gasteiger partial charge on any atom is -0.372 e. The molecular weight excluding hydrogens is 423 g/mol. The molecule has 1 atom stereocenters. The maximum Gasteiger partial charge on any atom is 0.248 e. The summed E-state index contributed by atoms with van der Waals surface area (Å²) in [7, 11) is 0. The fourth-order valence-electron chi connectivity index (χ4n) is 3.76. The molecule has 1 amide bonds. The minimum absolute atomic E-state index is 0.00587. The quantitative estimate of drug-likeness (QED) is 0.576. The molecule has 3 aromatic rings. The number of ether oxygens (including phenoxy) is 1. The van der Waals surface area contributed by atoms with Crippen molar-refractivity contribution in [3.05, 3.63) is 35.5 Å². The number of aromatic amines is 1. The van der Waals surface area contributed by atoms with Crippen LogP contribution in [0.4, 0.5) is 10.2 Å². The van der Waals surface area contributed by atoms with Crippen molar-refractivity contribution in [2.24, 2.45) is 5.92 Å². The Balaban J connectivity index is 1.45. The second-order valence-corrected chi connectivity index (χ2v) is 7.94.